The summed E-state index contributed by atoms with van der Waals surface area (Å²) in [6.45, 7) is 8.19. The Morgan fingerprint density at radius 1 is 0.581 bits per heavy atom. The molecule has 1 aliphatic heterocycles. The number of imidazole rings is 1. The Morgan fingerprint density at radius 3 is 1.77 bits per heavy atom. The Kier molecular flexibility index (Phi) is 6.60. The van der Waals surface area contributed by atoms with E-state index in [0.29, 0.717) is 11.7 Å². The van der Waals surface area contributed by atoms with Crippen LogP contribution in [0.25, 0.3) is 56.7 Å². The number of H-pyrrole nitrogens is 1. The standard InChI is InChI=1S/C35H31BN4O3/c1-34(2)35(3,4)43-36(42-34)28-21-19-27(20-22-28)33-39-32(40-41-33)26-17-15-25(16-18-26)31-37-29(23-11-7-5-8-12-23)30(38-31)24-13-9-6-10-14-24/h5-22H,1-4H3,(H,37,38). The Morgan fingerprint density at radius 2 is 1.14 bits per heavy atom. The molecule has 1 N–H and O–H groups in total. The van der Waals surface area contributed by atoms with Crippen LogP contribution in [0, 0.1) is 0 Å². The zero-order valence-corrected chi connectivity index (χ0v) is 24.5. The smallest absolute Gasteiger partial charge is 0.399 e. The number of nitrogens with zero attached hydrogens (tertiary/aromatic N) is 3. The molecule has 0 atom stereocenters. The molecular weight excluding hydrogens is 535 g/mol. The van der Waals surface area contributed by atoms with Gasteiger partial charge in [0.05, 0.1) is 22.6 Å². The summed E-state index contributed by atoms with van der Waals surface area (Å²) in [5, 5.41) is 4.24. The highest BCUT2D eigenvalue weighted by Gasteiger charge is 2.51. The van der Waals surface area contributed by atoms with Crippen molar-refractivity contribution < 1.29 is 13.8 Å². The van der Waals surface area contributed by atoms with E-state index in [1.54, 1.807) is 0 Å². The fourth-order valence-electron chi connectivity index (χ4n) is 5.13. The first-order chi connectivity index (χ1) is 20.8. The average Bonchev–Trinajstić information content (AvgIpc) is 3.75. The number of benzene rings is 4. The van der Waals surface area contributed by atoms with E-state index in [2.05, 4.69) is 39.4 Å². The van der Waals surface area contributed by atoms with Crippen LogP contribution in [0.15, 0.2) is 114 Å². The summed E-state index contributed by atoms with van der Waals surface area (Å²) in [5.74, 6) is 1.76. The third-order valence-corrected chi connectivity index (χ3v) is 8.34. The molecule has 0 bridgehead atoms. The summed E-state index contributed by atoms with van der Waals surface area (Å²) >= 11 is 0. The molecule has 1 aliphatic rings. The molecular formula is C35H31BN4O3. The normalized spacial score (nSPS) is 15.6. The molecule has 0 unspecified atom stereocenters. The molecule has 0 saturated carbocycles. The van der Waals surface area contributed by atoms with Gasteiger partial charge in [-0.2, -0.15) is 4.98 Å². The van der Waals surface area contributed by atoms with Gasteiger partial charge in [-0.05, 0) is 45.3 Å². The van der Waals surface area contributed by atoms with Crippen molar-refractivity contribution in [2.75, 3.05) is 0 Å². The van der Waals surface area contributed by atoms with Crippen molar-refractivity contribution in [2.45, 2.75) is 38.9 Å². The maximum absolute atomic E-state index is 6.17. The third-order valence-electron chi connectivity index (χ3n) is 8.34. The molecule has 7 rings (SSSR count). The molecule has 1 saturated heterocycles. The molecule has 8 heteroatoms. The largest absolute Gasteiger partial charge is 0.494 e. The molecule has 3 heterocycles. The second-order valence-electron chi connectivity index (χ2n) is 11.8. The van der Waals surface area contributed by atoms with E-state index in [9.17, 15) is 0 Å². The van der Waals surface area contributed by atoms with Gasteiger partial charge in [-0.25, -0.2) is 4.98 Å². The minimum Gasteiger partial charge on any atom is -0.399 e. The van der Waals surface area contributed by atoms with Crippen LogP contribution in [0.4, 0.5) is 0 Å². The van der Waals surface area contributed by atoms with Crippen molar-refractivity contribution in [3.8, 4) is 56.7 Å². The second-order valence-corrected chi connectivity index (χ2v) is 11.8. The summed E-state index contributed by atoms with van der Waals surface area (Å²) in [6.07, 6.45) is 0. The van der Waals surface area contributed by atoms with Crippen LogP contribution in [0.2, 0.25) is 0 Å². The third kappa shape index (κ3) is 5.09. The predicted molar refractivity (Wildman–Crippen MR) is 169 cm³/mol. The van der Waals surface area contributed by atoms with E-state index >= 15 is 0 Å². The van der Waals surface area contributed by atoms with E-state index < -0.39 is 18.3 Å². The first-order valence-corrected chi connectivity index (χ1v) is 14.4. The molecule has 43 heavy (non-hydrogen) atoms. The summed E-state index contributed by atoms with van der Waals surface area (Å²) < 4.78 is 18.0. The van der Waals surface area contributed by atoms with Crippen LogP contribution in [-0.2, 0) is 9.31 Å². The van der Waals surface area contributed by atoms with Crippen LogP contribution < -0.4 is 5.46 Å². The van der Waals surface area contributed by atoms with Crippen LogP contribution in [0.3, 0.4) is 0 Å². The zero-order valence-electron chi connectivity index (χ0n) is 24.5. The quantitative estimate of drug-likeness (QED) is 0.211. The van der Waals surface area contributed by atoms with Gasteiger partial charge in [-0.15, -0.1) is 0 Å². The van der Waals surface area contributed by atoms with Crippen molar-refractivity contribution in [3.63, 3.8) is 0 Å². The number of aromatic amines is 1. The lowest BCUT2D eigenvalue weighted by Gasteiger charge is -2.32. The van der Waals surface area contributed by atoms with Crippen molar-refractivity contribution in [1.82, 2.24) is 20.1 Å². The number of hydrogen-bond acceptors (Lipinski definition) is 6. The van der Waals surface area contributed by atoms with Gasteiger partial charge in [-0.3, -0.25) is 0 Å². The van der Waals surface area contributed by atoms with E-state index in [4.69, 9.17) is 18.8 Å². The van der Waals surface area contributed by atoms with Gasteiger partial charge < -0.3 is 18.8 Å². The molecule has 0 amide bonds. The molecule has 6 aromatic rings. The highest BCUT2D eigenvalue weighted by atomic mass is 16.7. The highest BCUT2D eigenvalue weighted by Crippen LogP contribution is 2.37. The molecule has 4 aromatic carbocycles. The van der Waals surface area contributed by atoms with Crippen molar-refractivity contribution in [3.05, 3.63) is 109 Å². The fraction of sp³-hybridized carbons (Fsp3) is 0.171. The Balaban J connectivity index is 1.12. The molecule has 2 aromatic heterocycles. The number of hydrogen-bond donors (Lipinski definition) is 1. The maximum atomic E-state index is 6.17. The summed E-state index contributed by atoms with van der Waals surface area (Å²) in [7, 11) is -0.419. The fourth-order valence-corrected chi connectivity index (χ4v) is 5.13. The first kappa shape index (κ1) is 27.1. The number of rotatable bonds is 6. The van der Waals surface area contributed by atoms with Gasteiger partial charge in [0.15, 0.2) is 0 Å². The molecule has 1 fully saturated rings. The molecule has 0 aliphatic carbocycles. The summed E-state index contributed by atoms with van der Waals surface area (Å²) in [6, 6.07) is 36.4. The van der Waals surface area contributed by atoms with Gasteiger partial charge in [-0.1, -0.05) is 102 Å². The minimum atomic E-state index is -0.419. The molecule has 212 valence electrons. The van der Waals surface area contributed by atoms with Crippen molar-refractivity contribution in [2.24, 2.45) is 0 Å². The van der Waals surface area contributed by atoms with Gasteiger partial charge in [0.25, 0.3) is 5.89 Å². The topological polar surface area (TPSA) is 86.1 Å². The van der Waals surface area contributed by atoms with Gasteiger partial charge in [0.1, 0.15) is 5.82 Å². The lowest BCUT2D eigenvalue weighted by Crippen LogP contribution is -2.41. The number of nitrogens with one attached hydrogen (secondary N) is 1. The maximum Gasteiger partial charge on any atom is 0.494 e. The number of aromatic nitrogens is 4. The second kappa shape index (κ2) is 10.5. The van der Waals surface area contributed by atoms with E-state index in [0.717, 1.165) is 50.5 Å². The summed E-state index contributed by atoms with van der Waals surface area (Å²) in [5.41, 5.74) is 6.85. The van der Waals surface area contributed by atoms with Crippen LogP contribution in [0.5, 0.6) is 0 Å². The van der Waals surface area contributed by atoms with Crippen molar-refractivity contribution >= 4 is 12.6 Å². The predicted octanol–water partition coefficient (Wildman–Crippen LogP) is 7.43. The van der Waals surface area contributed by atoms with E-state index in [1.807, 2.05) is 113 Å². The van der Waals surface area contributed by atoms with Crippen LogP contribution in [0.1, 0.15) is 27.7 Å². The Labute approximate surface area is 251 Å². The monoisotopic (exact) mass is 566 g/mol. The lowest BCUT2D eigenvalue weighted by molar-refractivity contribution is 0.00578. The summed E-state index contributed by atoms with van der Waals surface area (Å²) in [4.78, 5) is 13.2. The van der Waals surface area contributed by atoms with E-state index in [-0.39, 0.29) is 0 Å². The van der Waals surface area contributed by atoms with Crippen LogP contribution >= 0.6 is 0 Å². The lowest BCUT2D eigenvalue weighted by atomic mass is 9.79. The van der Waals surface area contributed by atoms with Crippen LogP contribution in [-0.4, -0.2) is 38.4 Å². The van der Waals surface area contributed by atoms with Gasteiger partial charge in [0.2, 0.25) is 5.82 Å². The first-order valence-electron chi connectivity index (χ1n) is 14.4. The highest BCUT2D eigenvalue weighted by molar-refractivity contribution is 6.62. The van der Waals surface area contributed by atoms with Gasteiger partial charge >= 0.3 is 7.12 Å². The molecule has 0 radical (unpaired) electrons. The van der Waals surface area contributed by atoms with E-state index in [1.165, 1.54) is 0 Å². The zero-order chi connectivity index (χ0) is 29.6. The SMILES string of the molecule is CC1(C)OB(c2ccc(-c3nc(-c4ccc(-c5nc(-c6ccccc6)c(-c6ccccc6)[nH]5)cc4)no3)cc2)OC1(C)C. The van der Waals surface area contributed by atoms with Crippen molar-refractivity contribution in [1.29, 1.82) is 0 Å². The Bertz CT molecular complexity index is 1790. The molecule has 7 nitrogen and oxygen atoms in total. The molecule has 0 spiro atoms. The Hall–Kier alpha value is -4.79. The average molecular weight is 566 g/mol. The minimum absolute atomic E-state index is 0.390. The van der Waals surface area contributed by atoms with Gasteiger partial charge in [0, 0.05) is 27.8 Å².